The van der Waals surface area contributed by atoms with Gasteiger partial charge in [0.1, 0.15) is 0 Å². The molecule has 1 aliphatic rings. The van der Waals surface area contributed by atoms with Crippen molar-refractivity contribution in [2.45, 2.75) is 11.8 Å². The zero-order valence-corrected chi connectivity index (χ0v) is 6.27. The zero-order chi connectivity index (χ0) is 7.56. The molecule has 2 nitrogen and oxygen atoms in total. The van der Waals surface area contributed by atoms with Gasteiger partial charge in [-0.15, -0.1) is 18.0 Å². The average molecular weight is 158 g/mol. The Morgan fingerprint density at radius 3 is 3.00 bits per heavy atom. The lowest BCUT2D eigenvalue weighted by molar-refractivity contribution is -0.127. The molecule has 0 saturated carbocycles. The van der Waals surface area contributed by atoms with E-state index in [1.165, 1.54) is 0 Å². The van der Waals surface area contributed by atoms with Crippen LogP contribution in [0, 0.1) is 12.3 Å². The van der Waals surface area contributed by atoms with Crippen molar-refractivity contribution in [1.29, 1.82) is 0 Å². The van der Waals surface area contributed by atoms with Crippen LogP contribution in [0.15, 0.2) is 0 Å². The summed E-state index contributed by atoms with van der Waals surface area (Å²) in [6.07, 6.45) is 5.46. The summed E-state index contributed by atoms with van der Waals surface area (Å²) in [7, 11) is 0. The van der Waals surface area contributed by atoms with Crippen LogP contribution in [-0.4, -0.2) is 29.3 Å². The fourth-order valence-electron chi connectivity index (χ4n) is 0.987. The second-order valence-electron chi connectivity index (χ2n) is 2.28. The first-order chi connectivity index (χ1) is 4.74. The van der Waals surface area contributed by atoms with Gasteiger partial charge in [-0.3, -0.25) is 4.79 Å². The number of nitrogens with zero attached hydrogens (tertiary/aromatic N) is 1. The van der Waals surface area contributed by atoms with E-state index in [0.717, 1.165) is 0 Å². The van der Waals surface area contributed by atoms with Crippen molar-refractivity contribution < 1.29 is 4.79 Å². The van der Waals surface area contributed by atoms with Crippen LogP contribution in [0.25, 0.3) is 0 Å². The van der Waals surface area contributed by atoms with Gasteiger partial charge in [0.15, 0.2) is 0 Å². The molecule has 1 saturated heterocycles. The Balaban J connectivity index is 2.48. The summed E-state index contributed by atoms with van der Waals surface area (Å²) in [6, 6.07) is 0. The van der Waals surface area contributed by atoms with E-state index in [4.69, 9.17) is 18.0 Å². The second-order valence-corrected chi connectivity index (χ2v) is 2.90. The fraction of sp³-hybridized carbons (Fsp3) is 0.571. The summed E-state index contributed by atoms with van der Waals surface area (Å²) in [6.45, 7) is 0.993. The molecule has 0 radical (unpaired) electrons. The minimum absolute atomic E-state index is 0.0409. The van der Waals surface area contributed by atoms with Crippen molar-refractivity contribution in [1.82, 2.24) is 4.90 Å². The summed E-state index contributed by atoms with van der Waals surface area (Å²) in [5, 5.41) is -0.0409. The topological polar surface area (TPSA) is 20.3 Å². The number of hydrogen-bond acceptors (Lipinski definition) is 1. The summed E-state index contributed by atoms with van der Waals surface area (Å²) in [5.74, 6) is 2.47. The highest BCUT2D eigenvalue weighted by molar-refractivity contribution is 6.22. The maximum absolute atomic E-state index is 10.9. The van der Waals surface area contributed by atoms with Crippen LogP contribution >= 0.6 is 11.6 Å². The lowest BCUT2D eigenvalue weighted by Gasteiger charge is -2.09. The van der Waals surface area contributed by atoms with E-state index in [9.17, 15) is 4.79 Å². The minimum Gasteiger partial charge on any atom is -0.330 e. The van der Waals surface area contributed by atoms with Crippen molar-refractivity contribution in [3.8, 4) is 12.3 Å². The van der Waals surface area contributed by atoms with Gasteiger partial charge in [-0.1, -0.05) is 5.92 Å². The summed E-state index contributed by atoms with van der Waals surface area (Å²) in [5.41, 5.74) is 0. The van der Waals surface area contributed by atoms with E-state index in [1.807, 2.05) is 0 Å². The Hall–Kier alpha value is -0.680. The maximum Gasteiger partial charge on any atom is 0.224 e. The lowest BCUT2D eigenvalue weighted by Crippen LogP contribution is -2.25. The van der Waals surface area contributed by atoms with Crippen molar-refractivity contribution in [3.05, 3.63) is 0 Å². The van der Waals surface area contributed by atoms with Crippen LogP contribution in [0.1, 0.15) is 6.42 Å². The van der Waals surface area contributed by atoms with Gasteiger partial charge in [-0.05, 0) is 0 Å². The molecule has 1 rings (SSSR count). The van der Waals surface area contributed by atoms with E-state index in [-0.39, 0.29) is 11.3 Å². The van der Waals surface area contributed by atoms with E-state index in [2.05, 4.69) is 5.92 Å². The number of rotatable bonds is 1. The van der Waals surface area contributed by atoms with Gasteiger partial charge in [-0.25, -0.2) is 0 Å². The normalized spacial score (nSPS) is 25.0. The summed E-state index contributed by atoms with van der Waals surface area (Å²) >= 11 is 5.71. The SMILES string of the molecule is C#CCN1CC(Cl)CC1=O. The Bertz CT molecular complexity index is 185. The molecule has 54 valence electrons. The molecule has 1 fully saturated rings. The predicted octanol–water partition coefficient (Wildman–Crippen LogP) is 0.459. The van der Waals surface area contributed by atoms with E-state index in [0.29, 0.717) is 19.5 Å². The van der Waals surface area contributed by atoms with Crippen LogP contribution in [0.5, 0.6) is 0 Å². The first-order valence-corrected chi connectivity index (χ1v) is 3.53. The highest BCUT2D eigenvalue weighted by atomic mass is 35.5. The van der Waals surface area contributed by atoms with Gasteiger partial charge >= 0.3 is 0 Å². The summed E-state index contributed by atoms with van der Waals surface area (Å²) < 4.78 is 0. The molecule has 0 spiro atoms. The van der Waals surface area contributed by atoms with Crippen LogP contribution < -0.4 is 0 Å². The van der Waals surface area contributed by atoms with Gasteiger partial charge in [0.05, 0.1) is 11.9 Å². The van der Waals surface area contributed by atoms with Gasteiger partial charge < -0.3 is 4.90 Å². The first kappa shape index (κ1) is 7.43. The molecule has 1 unspecified atom stereocenters. The van der Waals surface area contributed by atoms with Crippen LogP contribution in [0.3, 0.4) is 0 Å². The number of terminal acetylenes is 1. The number of carbonyl (C=O) groups excluding carboxylic acids is 1. The Morgan fingerprint density at radius 2 is 2.60 bits per heavy atom. The van der Waals surface area contributed by atoms with Gasteiger partial charge in [0, 0.05) is 13.0 Å². The van der Waals surface area contributed by atoms with Crippen molar-refractivity contribution >= 4 is 17.5 Å². The Labute approximate surface area is 65.1 Å². The highest BCUT2D eigenvalue weighted by Crippen LogP contribution is 2.14. The molecule has 1 amide bonds. The fourth-order valence-corrected chi connectivity index (χ4v) is 1.29. The molecule has 0 aromatic carbocycles. The van der Waals surface area contributed by atoms with Gasteiger partial charge in [-0.2, -0.15) is 0 Å². The third kappa shape index (κ3) is 1.43. The molecule has 1 heterocycles. The van der Waals surface area contributed by atoms with E-state index in [1.54, 1.807) is 4.90 Å². The average Bonchev–Trinajstić information content (AvgIpc) is 2.13. The largest absolute Gasteiger partial charge is 0.330 e. The minimum atomic E-state index is -0.0409. The predicted molar refractivity (Wildman–Crippen MR) is 39.7 cm³/mol. The molecule has 0 aromatic heterocycles. The van der Waals surface area contributed by atoms with E-state index >= 15 is 0 Å². The smallest absolute Gasteiger partial charge is 0.224 e. The highest BCUT2D eigenvalue weighted by Gasteiger charge is 2.26. The third-order valence-corrected chi connectivity index (χ3v) is 1.74. The van der Waals surface area contributed by atoms with Crippen molar-refractivity contribution in [2.75, 3.05) is 13.1 Å². The molecule has 1 aliphatic heterocycles. The van der Waals surface area contributed by atoms with Crippen molar-refractivity contribution in [3.63, 3.8) is 0 Å². The second kappa shape index (κ2) is 2.94. The standard InChI is InChI=1S/C7H8ClNO/c1-2-3-9-5-6(8)4-7(9)10/h1,6H,3-5H2. The number of halogens is 1. The Morgan fingerprint density at radius 1 is 1.90 bits per heavy atom. The molecular formula is C7H8ClNO. The molecule has 0 aromatic rings. The van der Waals surface area contributed by atoms with Crippen LogP contribution in [0.4, 0.5) is 0 Å². The van der Waals surface area contributed by atoms with Gasteiger partial charge in [0.2, 0.25) is 5.91 Å². The third-order valence-electron chi connectivity index (χ3n) is 1.45. The van der Waals surface area contributed by atoms with Gasteiger partial charge in [0.25, 0.3) is 0 Å². The zero-order valence-electron chi connectivity index (χ0n) is 5.51. The molecule has 10 heavy (non-hydrogen) atoms. The first-order valence-electron chi connectivity index (χ1n) is 3.09. The number of amides is 1. The van der Waals surface area contributed by atoms with Crippen LogP contribution in [0.2, 0.25) is 0 Å². The lowest BCUT2D eigenvalue weighted by atomic mass is 10.4. The monoisotopic (exact) mass is 157 g/mol. The molecule has 1 atom stereocenters. The molecule has 3 heteroatoms. The molecule has 0 aliphatic carbocycles. The number of likely N-dealkylation sites (tertiary alicyclic amines) is 1. The number of hydrogen-bond donors (Lipinski definition) is 0. The molecule has 0 bridgehead atoms. The number of alkyl halides is 1. The van der Waals surface area contributed by atoms with Crippen LogP contribution in [-0.2, 0) is 4.79 Å². The Kier molecular flexibility index (Phi) is 2.18. The van der Waals surface area contributed by atoms with Crippen molar-refractivity contribution in [2.24, 2.45) is 0 Å². The summed E-state index contributed by atoms with van der Waals surface area (Å²) in [4.78, 5) is 12.5. The quantitative estimate of drug-likeness (QED) is 0.400. The number of carbonyl (C=O) groups is 1. The maximum atomic E-state index is 10.9. The molecular weight excluding hydrogens is 150 g/mol. The van der Waals surface area contributed by atoms with E-state index < -0.39 is 0 Å². The molecule has 0 N–H and O–H groups in total.